The molecule has 0 spiro atoms. The zero-order valence-electron chi connectivity index (χ0n) is 12.8. The second kappa shape index (κ2) is 6.61. The Labute approximate surface area is 127 Å². The molecule has 0 aromatic heterocycles. The molecule has 3 heteroatoms. The average Bonchev–Trinajstić information content (AvgIpc) is 3.22. The molecule has 0 bridgehead atoms. The highest BCUT2D eigenvalue weighted by atomic mass is 16.5. The summed E-state index contributed by atoms with van der Waals surface area (Å²) in [6.45, 7) is 2.31. The number of benzene rings is 1. The molecule has 2 aliphatic carbocycles. The summed E-state index contributed by atoms with van der Waals surface area (Å²) in [5, 5.41) is 3.57. The van der Waals surface area contributed by atoms with Gasteiger partial charge in [-0.25, -0.2) is 4.79 Å². The summed E-state index contributed by atoms with van der Waals surface area (Å²) in [7, 11) is 0. The van der Waals surface area contributed by atoms with Gasteiger partial charge in [0.2, 0.25) is 0 Å². The van der Waals surface area contributed by atoms with E-state index in [4.69, 9.17) is 4.74 Å². The fourth-order valence-corrected chi connectivity index (χ4v) is 3.38. The fraction of sp³-hybridized carbons (Fsp3) is 0.611. The first-order valence-electron chi connectivity index (χ1n) is 8.31. The fourth-order valence-electron chi connectivity index (χ4n) is 3.38. The first-order chi connectivity index (χ1) is 10.3. The Morgan fingerprint density at radius 3 is 2.62 bits per heavy atom. The van der Waals surface area contributed by atoms with Gasteiger partial charge in [-0.1, -0.05) is 37.1 Å². The van der Waals surface area contributed by atoms with E-state index in [1.165, 1.54) is 44.1 Å². The molecule has 1 unspecified atom stereocenters. The number of hydrogen-bond acceptors (Lipinski definition) is 3. The molecule has 1 aromatic rings. The van der Waals surface area contributed by atoms with Crippen LogP contribution in [0.25, 0.3) is 0 Å². The Morgan fingerprint density at radius 2 is 1.95 bits per heavy atom. The molecule has 1 aromatic carbocycles. The molecule has 1 N–H and O–H groups in total. The lowest BCUT2D eigenvalue weighted by Crippen LogP contribution is -2.37. The standard InChI is InChI=1S/C18H25NO2/c1-2-21-18(20)17(19-14-7-3-4-8-14)16-10-6-5-9-15(16)13-11-12-13/h5-6,9-10,13-14,17,19H,2-4,7-8,11-12H2,1H3. The van der Waals surface area contributed by atoms with Crippen molar-refractivity contribution in [2.24, 2.45) is 0 Å². The van der Waals surface area contributed by atoms with E-state index in [0.717, 1.165) is 5.56 Å². The lowest BCUT2D eigenvalue weighted by atomic mass is 9.96. The molecular formula is C18H25NO2. The van der Waals surface area contributed by atoms with Gasteiger partial charge < -0.3 is 4.74 Å². The van der Waals surface area contributed by atoms with Crippen LogP contribution in [0.2, 0.25) is 0 Å². The maximum atomic E-state index is 12.4. The highest BCUT2D eigenvalue weighted by Crippen LogP contribution is 2.43. The Kier molecular flexibility index (Phi) is 4.59. The van der Waals surface area contributed by atoms with E-state index in [1.54, 1.807) is 0 Å². The molecule has 2 saturated carbocycles. The van der Waals surface area contributed by atoms with Crippen LogP contribution in [0, 0.1) is 0 Å². The molecule has 3 nitrogen and oxygen atoms in total. The molecule has 0 aliphatic heterocycles. The molecule has 2 aliphatic rings. The number of ether oxygens (including phenoxy) is 1. The summed E-state index contributed by atoms with van der Waals surface area (Å²) in [4.78, 5) is 12.4. The van der Waals surface area contributed by atoms with E-state index in [9.17, 15) is 4.79 Å². The van der Waals surface area contributed by atoms with Crippen LogP contribution in [0.5, 0.6) is 0 Å². The molecule has 0 saturated heterocycles. The molecule has 21 heavy (non-hydrogen) atoms. The van der Waals surface area contributed by atoms with Crippen LogP contribution in [-0.4, -0.2) is 18.6 Å². The zero-order valence-corrected chi connectivity index (χ0v) is 12.8. The number of hydrogen-bond donors (Lipinski definition) is 1. The summed E-state index contributed by atoms with van der Waals surface area (Å²) in [6, 6.07) is 8.53. The van der Waals surface area contributed by atoms with E-state index in [-0.39, 0.29) is 12.0 Å². The second-order valence-corrected chi connectivity index (χ2v) is 6.24. The van der Waals surface area contributed by atoms with E-state index in [2.05, 4.69) is 23.5 Å². The van der Waals surface area contributed by atoms with Crippen molar-refractivity contribution in [3.63, 3.8) is 0 Å². The molecular weight excluding hydrogens is 262 g/mol. The summed E-state index contributed by atoms with van der Waals surface area (Å²) in [5.41, 5.74) is 2.46. The van der Waals surface area contributed by atoms with Crippen LogP contribution in [0.1, 0.15) is 68.5 Å². The van der Waals surface area contributed by atoms with Gasteiger partial charge in [-0.2, -0.15) is 0 Å². The van der Waals surface area contributed by atoms with Crippen molar-refractivity contribution < 1.29 is 9.53 Å². The summed E-state index contributed by atoms with van der Waals surface area (Å²) in [5.74, 6) is 0.515. The largest absolute Gasteiger partial charge is 0.465 e. The minimum atomic E-state index is -0.301. The van der Waals surface area contributed by atoms with Crippen LogP contribution in [0.4, 0.5) is 0 Å². The molecule has 0 amide bonds. The Hall–Kier alpha value is -1.35. The zero-order chi connectivity index (χ0) is 14.7. The van der Waals surface area contributed by atoms with Gasteiger partial charge in [0, 0.05) is 6.04 Å². The average molecular weight is 287 g/mol. The van der Waals surface area contributed by atoms with Crippen molar-refractivity contribution in [3.05, 3.63) is 35.4 Å². The molecule has 2 fully saturated rings. The highest BCUT2D eigenvalue weighted by molar-refractivity contribution is 5.78. The molecule has 3 rings (SSSR count). The first kappa shape index (κ1) is 14.6. The SMILES string of the molecule is CCOC(=O)C(NC1CCCC1)c1ccccc1C1CC1. The molecule has 114 valence electrons. The predicted molar refractivity (Wildman–Crippen MR) is 83.2 cm³/mol. The third-order valence-electron chi connectivity index (χ3n) is 4.60. The monoisotopic (exact) mass is 287 g/mol. The van der Waals surface area contributed by atoms with Crippen LogP contribution in [0.15, 0.2) is 24.3 Å². The van der Waals surface area contributed by atoms with Gasteiger partial charge >= 0.3 is 5.97 Å². The Bertz CT molecular complexity index is 490. The highest BCUT2D eigenvalue weighted by Gasteiger charge is 2.33. The van der Waals surface area contributed by atoms with Gasteiger partial charge in [-0.05, 0) is 49.7 Å². The van der Waals surface area contributed by atoms with Crippen LogP contribution >= 0.6 is 0 Å². The van der Waals surface area contributed by atoms with Gasteiger partial charge in [0.1, 0.15) is 6.04 Å². The van der Waals surface area contributed by atoms with Crippen LogP contribution < -0.4 is 5.32 Å². The lowest BCUT2D eigenvalue weighted by Gasteiger charge is -2.24. The van der Waals surface area contributed by atoms with Crippen molar-refractivity contribution >= 4 is 5.97 Å². The van der Waals surface area contributed by atoms with Crippen molar-refractivity contribution in [2.75, 3.05) is 6.61 Å². The molecule has 1 atom stereocenters. The topological polar surface area (TPSA) is 38.3 Å². The maximum Gasteiger partial charge on any atom is 0.327 e. The molecule has 0 heterocycles. The van der Waals surface area contributed by atoms with Crippen LogP contribution in [-0.2, 0) is 9.53 Å². The van der Waals surface area contributed by atoms with Gasteiger partial charge in [-0.15, -0.1) is 0 Å². The van der Waals surface area contributed by atoms with E-state index < -0.39 is 0 Å². The van der Waals surface area contributed by atoms with Gasteiger partial charge in [0.05, 0.1) is 6.61 Å². The smallest absolute Gasteiger partial charge is 0.327 e. The summed E-state index contributed by atoms with van der Waals surface area (Å²) in [6.07, 6.45) is 7.35. The first-order valence-corrected chi connectivity index (χ1v) is 8.31. The minimum absolute atomic E-state index is 0.127. The lowest BCUT2D eigenvalue weighted by molar-refractivity contribution is -0.146. The number of esters is 1. The summed E-state index contributed by atoms with van der Waals surface area (Å²) < 4.78 is 5.32. The number of carbonyl (C=O) groups is 1. The van der Waals surface area contributed by atoms with Crippen LogP contribution in [0.3, 0.4) is 0 Å². The molecule has 0 radical (unpaired) electrons. The quantitative estimate of drug-likeness (QED) is 0.811. The Balaban J connectivity index is 1.84. The number of rotatable bonds is 6. The maximum absolute atomic E-state index is 12.4. The van der Waals surface area contributed by atoms with Crippen molar-refractivity contribution in [2.45, 2.75) is 63.5 Å². The van der Waals surface area contributed by atoms with Gasteiger partial charge in [0.15, 0.2) is 0 Å². The van der Waals surface area contributed by atoms with Gasteiger partial charge in [0.25, 0.3) is 0 Å². The van der Waals surface area contributed by atoms with Crippen molar-refractivity contribution in [1.82, 2.24) is 5.32 Å². The number of carbonyl (C=O) groups excluding carboxylic acids is 1. The minimum Gasteiger partial charge on any atom is -0.465 e. The normalized spacial score (nSPS) is 20.4. The Morgan fingerprint density at radius 1 is 1.24 bits per heavy atom. The van der Waals surface area contributed by atoms with Crippen molar-refractivity contribution in [1.29, 1.82) is 0 Å². The third-order valence-corrected chi connectivity index (χ3v) is 4.60. The van der Waals surface area contributed by atoms with E-state index in [1.807, 2.05) is 13.0 Å². The van der Waals surface area contributed by atoms with Gasteiger partial charge in [-0.3, -0.25) is 5.32 Å². The second-order valence-electron chi connectivity index (χ2n) is 6.24. The number of nitrogens with one attached hydrogen (secondary N) is 1. The van der Waals surface area contributed by atoms with E-state index in [0.29, 0.717) is 18.6 Å². The van der Waals surface area contributed by atoms with Crippen molar-refractivity contribution in [3.8, 4) is 0 Å². The summed E-state index contributed by atoms with van der Waals surface area (Å²) >= 11 is 0. The third kappa shape index (κ3) is 3.46. The van der Waals surface area contributed by atoms with E-state index >= 15 is 0 Å². The predicted octanol–water partition coefficient (Wildman–Crippen LogP) is 3.70.